The van der Waals surface area contributed by atoms with Crippen LogP contribution in [0, 0.1) is 10.5 Å². The molecule has 23 heavy (non-hydrogen) atoms. The maximum absolute atomic E-state index is 12.3. The van der Waals surface area contributed by atoms with E-state index in [-0.39, 0.29) is 5.91 Å². The van der Waals surface area contributed by atoms with Gasteiger partial charge in [0, 0.05) is 28.5 Å². The van der Waals surface area contributed by atoms with Crippen LogP contribution < -0.4 is 10.2 Å². The number of nitrogens with zero attached hydrogens (tertiary/aromatic N) is 2. The van der Waals surface area contributed by atoms with E-state index < -0.39 is 0 Å². The minimum atomic E-state index is -0.122. The molecule has 0 spiro atoms. The number of carbonyl (C=O) groups excluding carboxylic acids is 1. The van der Waals surface area contributed by atoms with Crippen molar-refractivity contribution in [1.82, 2.24) is 4.98 Å². The Balaban J connectivity index is 1.68. The predicted octanol–water partition coefficient (Wildman–Crippen LogP) is 4.24. The first kappa shape index (κ1) is 16.2. The third-order valence-electron chi connectivity index (χ3n) is 4.11. The van der Waals surface area contributed by atoms with Gasteiger partial charge in [0.1, 0.15) is 5.82 Å². The Labute approximate surface area is 150 Å². The largest absolute Gasteiger partial charge is 0.357 e. The zero-order valence-electron chi connectivity index (χ0n) is 13.2. The molecule has 0 unspecified atom stereocenters. The third kappa shape index (κ3) is 4.02. The second-order valence-corrected chi connectivity index (χ2v) is 7.03. The fourth-order valence-electron chi connectivity index (χ4n) is 2.76. The Bertz CT molecular complexity index is 694. The number of hydrogen-bond donors (Lipinski definition) is 1. The van der Waals surface area contributed by atoms with Crippen molar-refractivity contribution in [2.24, 2.45) is 0 Å². The van der Waals surface area contributed by atoms with Crippen LogP contribution in [-0.2, 0) is 0 Å². The van der Waals surface area contributed by atoms with Crippen molar-refractivity contribution in [2.75, 3.05) is 23.3 Å². The van der Waals surface area contributed by atoms with Crippen LogP contribution in [0.3, 0.4) is 0 Å². The second-order valence-electron chi connectivity index (χ2n) is 5.87. The van der Waals surface area contributed by atoms with E-state index in [1.165, 1.54) is 22.8 Å². The minimum Gasteiger partial charge on any atom is -0.357 e. The first-order valence-electron chi connectivity index (χ1n) is 7.92. The predicted molar refractivity (Wildman–Crippen MR) is 102 cm³/mol. The Hall–Kier alpha value is -1.63. The maximum Gasteiger partial charge on any atom is 0.257 e. The fourth-order valence-corrected chi connectivity index (χ4v) is 3.09. The van der Waals surface area contributed by atoms with Crippen LogP contribution >= 0.6 is 22.6 Å². The number of anilines is 2. The lowest BCUT2D eigenvalue weighted by molar-refractivity contribution is 0.102. The van der Waals surface area contributed by atoms with Crippen LogP contribution in [0.4, 0.5) is 11.5 Å². The average Bonchev–Trinajstić information content (AvgIpc) is 2.59. The lowest BCUT2D eigenvalue weighted by Gasteiger charge is -2.27. The van der Waals surface area contributed by atoms with Gasteiger partial charge in [0.25, 0.3) is 5.91 Å². The Morgan fingerprint density at radius 2 is 1.96 bits per heavy atom. The van der Waals surface area contributed by atoms with Crippen LogP contribution in [-0.4, -0.2) is 24.0 Å². The van der Waals surface area contributed by atoms with Gasteiger partial charge in [-0.05, 0) is 84.7 Å². The molecule has 3 rings (SSSR count). The second kappa shape index (κ2) is 7.29. The Kier molecular flexibility index (Phi) is 5.15. The summed E-state index contributed by atoms with van der Waals surface area (Å²) in [5.74, 6) is 0.842. The van der Waals surface area contributed by atoms with Crippen LogP contribution in [0.5, 0.6) is 0 Å². The zero-order valence-corrected chi connectivity index (χ0v) is 15.3. The van der Waals surface area contributed by atoms with E-state index in [0.717, 1.165) is 30.2 Å². The number of nitrogens with one attached hydrogen (secondary N) is 1. The van der Waals surface area contributed by atoms with Crippen molar-refractivity contribution in [3.05, 3.63) is 51.2 Å². The van der Waals surface area contributed by atoms with Crippen molar-refractivity contribution >= 4 is 40.0 Å². The highest BCUT2D eigenvalue weighted by Crippen LogP contribution is 2.19. The molecule has 120 valence electrons. The highest BCUT2D eigenvalue weighted by Gasteiger charge is 2.13. The van der Waals surface area contributed by atoms with Crippen LogP contribution in [0.15, 0.2) is 36.5 Å². The van der Waals surface area contributed by atoms with Gasteiger partial charge in [-0.25, -0.2) is 4.98 Å². The number of aromatic nitrogens is 1. The molecule has 2 heterocycles. The number of pyridine rings is 1. The van der Waals surface area contributed by atoms with Gasteiger partial charge in [-0.1, -0.05) is 0 Å². The lowest BCUT2D eigenvalue weighted by atomic mass is 10.1. The van der Waals surface area contributed by atoms with E-state index in [1.807, 2.05) is 37.3 Å². The van der Waals surface area contributed by atoms with Crippen molar-refractivity contribution in [3.8, 4) is 0 Å². The molecule has 1 saturated heterocycles. The van der Waals surface area contributed by atoms with Gasteiger partial charge in [-0.15, -0.1) is 0 Å². The summed E-state index contributed by atoms with van der Waals surface area (Å²) in [5.41, 5.74) is 2.55. The third-order valence-corrected chi connectivity index (χ3v) is 5.32. The van der Waals surface area contributed by atoms with Crippen molar-refractivity contribution in [3.63, 3.8) is 0 Å². The monoisotopic (exact) mass is 421 g/mol. The molecule has 5 heteroatoms. The molecule has 0 aliphatic carbocycles. The molecule has 4 nitrogen and oxygen atoms in total. The lowest BCUT2D eigenvalue weighted by Crippen LogP contribution is -2.30. The van der Waals surface area contributed by atoms with Crippen LogP contribution in [0.1, 0.15) is 35.2 Å². The Morgan fingerprint density at radius 1 is 1.17 bits per heavy atom. The molecular formula is C18H20IN3O. The number of benzene rings is 1. The van der Waals surface area contributed by atoms with Crippen molar-refractivity contribution < 1.29 is 4.79 Å². The summed E-state index contributed by atoms with van der Waals surface area (Å²) in [6.07, 6.45) is 5.40. The first-order chi connectivity index (χ1) is 11.1. The van der Waals surface area contributed by atoms with E-state index >= 15 is 0 Å². The van der Waals surface area contributed by atoms with Crippen LogP contribution in [0.2, 0.25) is 0 Å². The topological polar surface area (TPSA) is 45.2 Å². The zero-order chi connectivity index (χ0) is 16.2. The number of piperidine rings is 1. The summed E-state index contributed by atoms with van der Waals surface area (Å²) in [7, 11) is 0. The number of carbonyl (C=O) groups is 1. The first-order valence-corrected chi connectivity index (χ1v) is 9.00. The smallest absolute Gasteiger partial charge is 0.257 e. The van der Waals surface area contributed by atoms with Gasteiger partial charge in [0.05, 0.1) is 5.56 Å². The van der Waals surface area contributed by atoms with Crippen molar-refractivity contribution in [1.29, 1.82) is 0 Å². The molecule has 1 fully saturated rings. The van der Waals surface area contributed by atoms with E-state index in [0.29, 0.717) is 5.56 Å². The average molecular weight is 421 g/mol. The van der Waals surface area contributed by atoms with Crippen molar-refractivity contribution in [2.45, 2.75) is 26.2 Å². The number of amides is 1. The summed E-state index contributed by atoms with van der Waals surface area (Å²) < 4.78 is 1.19. The summed E-state index contributed by atoms with van der Waals surface area (Å²) in [6, 6.07) is 9.70. The van der Waals surface area contributed by atoms with E-state index in [2.05, 4.69) is 37.8 Å². The molecule has 0 saturated carbocycles. The van der Waals surface area contributed by atoms with E-state index in [1.54, 1.807) is 6.20 Å². The molecule has 0 radical (unpaired) electrons. The SMILES string of the molecule is Cc1cc(NC(=O)c2ccc(N3CCCCC3)nc2)ccc1I. The molecule has 1 aromatic heterocycles. The van der Waals surface area contributed by atoms with E-state index in [4.69, 9.17) is 0 Å². The Morgan fingerprint density at radius 3 is 2.61 bits per heavy atom. The molecule has 1 amide bonds. The maximum atomic E-state index is 12.3. The molecule has 1 aliphatic rings. The summed E-state index contributed by atoms with van der Waals surface area (Å²) in [6.45, 7) is 4.15. The number of rotatable bonds is 3. The highest BCUT2D eigenvalue weighted by atomic mass is 127. The molecule has 0 bridgehead atoms. The molecule has 1 N–H and O–H groups in total. The minimum absolute atomic E-state index is 0.122. The standard InChI is InChI=1S/C18H20IN3O/c1-13-11-15(6-7-16(13)19)21-18(23)14-5-8-17(20-12-14)22-9-3-2-4-10-22/h5-8,11-12H,2-4,9-10H2,1H3,(H,21,23). The summed E-state index contributed by atoms with van der Waals surface area (Å²) in [5, 5.41) is 2.93. The summed E-state index contributed by atoms with van der Waals surface area (Å²) in [4.78, 5) is 19.1. The molecule has 1 aromatic carbocycles. The highest BCUT2D eigenvalue weighted by molar-refractivity contribution is 14.1. The van der Waals surface area contributed by atoms with Gasteiger partial charge in [-0.2, -0.15) is 0 Å². The normalized spacial score (nSPS) is 14.6. The molecule has 0 atom stereocenters. The number of halogens is 1. The van der Waals surface area contributed by atoms with Gasteiger partial charge in [-0.3, -0.25) is 4.79 Å². The fraction of sp³-hybridized carbons (Fsp3) is 0.333. The molecular weight excluding hydrogens is 401 g/mol. The quantitative estimate of drug-likeness (QED) is 0.755. The number of aryl methyl sites for hydroxylation is 1. The van der Waals surface area contributed by atoms with Gasteiger partial charge < -0.3 is 10.2 Å². The van der Waals surface area contributed by atoms with Gasteiger partial charge in [0.15, 0.2) is 0 Å². The van der Waals surface area contributed by atoms with Gasteiger partial charge in [0.2, 0.25) is 0 Å². The number of hydrogen-bond acceptors (Lipinski definition) is 3. The van der Waals surface area contributed by atoms with E-state index in [9.17, 15) is 4.79 Å². The van der Waals surface area contributed by atoms with Gasteiger partial charge >= 0.3 is 0 Å². The molecule has 2 aromatic rings. The van der Waals surface area contributed by atoms with Crippen LogP contribution in [0.25, 0.3) is 0 Å². The molecule has 1 aliphatic heterocycles. The summed E-state index contributed by atoms with van der Waals surface area (Å²) >= 11 is 2.28.